The van der Waals surface area contributed by atoms with Gasteiger partial charge in [0.05, 0.1) is 10.8 Å². The summed E-state index contributed by atoms with van der Waals surface area (Å²) in [6, 6.07) is 2.21. The van der Waals surface area contributed by atoms with Gasteiger partial charge >= 0.3 is 0 Å². The van der Waals surface area contributed by atoms with Crippen LogP contribution in [0.5, 0.6) is 0 Å². The molecule has 2 saturated carbocycles. The summed E-state index contributed by atoms with van der Waals surface area (Å²) in [5.41, 5.74) is 9.04. The van der Waals surface area contributed by atoms with Crippen molar-refractivity contribution in [1.29, 1.82) is 0 Å². The summed E-state index contributed by atoms with van der Waals surface area (Å²) in [5.74, 6) is 2.14. The molecule has 44 heavy (non-hydrogen) atoms. The van der Waals surface area contributed by atoms with Gasteiger partial charge in [-0.25, -0.2) is 19.9 Å². The van der Waals surface area contributed by atoms with Crippen LogP contribution >= 0.6 is 22.7 Å². The minimum Gasteiger partial charge on any atom is -0.367 e. The van der Waals surface area contributed by atoms with Crippen LogP contribution in [-0.4, -0.2) is 63.1 Å². The predicted molar refractivity (Wildman–Crippen MR) is 185 cm³/mol. The zero-order chi connectivity index (χ0) is 30.0. The summed E-state index contributed by atoms with van der Waals surface area (Å²) in [6.45, 7) is 0. The van der Waals surface area contributed by atoms with Gasteiger partial charge in [0.25, 0.3) is 0 Å². The number of fused-ring (bicyclic) bond motifs is 6. The number of aryl methyl sites for hydroxylation is 4. The molecule has 0 amide bonds. The van der Waals surface area contributed by atoms with Gasteiger partial charge in [0.15, 0.2) is 0 Å². The Morgan fingerprint density at radius 3 is 1.57 bits per heavy atom. The molecule has 0 atom stereocenters. The quantitative estimate of drug-likeness (QED) is 0.214. The van der Waals surface area contributed by atoms with Crippen LogP contribution in [0.3, 0.4) is 0 Å². The van der Waals surface area contributed by atoms with E-state index in [1.807, 2.05) is 22.7 Å². The van der Waals surface area contributed by atoms with Crippen molar-refractivity contribution in [3.05, 3.63) is 33.5 Å². The SMILES string of the molecule is CN(C)C1CCC(Nc2ncnc3sc4c(c23)CCCC4)CC1.NC1CCC(Nc2ncnc3sc4c(c23)CCCC4)CC1. The number of hydrogen-bond acceptors (Lipinski definition) is 10. The summed E-state index contributed by atoms with van der Waals surface area (Å²) >= 11 is 3.75. The Kier molecular flexibility index (Phi) is 9.31. The van der Waals surface area contributed by atoms with Gasteiger partial charge in [-0.3, -0.25) is 0 Å². The fraction of sp³-hybridized carbons (Fsp3) is 0.647. The van der Waals surface area contributed by atoms with E-state index in [-0.39, 0.29) is 0 Å². The number of hydrogen-bond donors (Lipinski definition) is 3. The van der Waals surface area contributed by atoms with Crippen molar-refractivity contribution in [2.75, 3.05) is 24.7 Å². The number of nitrogens with two attached hydrogens (primary N) is 1. The third kappa shape index (κ3) is 6.46. The van der Waals surface area contributed by atoms with E-state index in [4.69, 9.17) is 5.73 Å². The van der Waals surface area contributed by atoms with E-state index in [0.717, 1.165) is 48.2 Å². The summed E-state index contributed by atoms with van der Waals surface area (Å²) in [5, 5.41) is 10.1. The number of nitrogens with one attached hydrogen (secondary N) is 2. The van der Waals surface area contributed by atoms with Crippen LogP contribution in [0.2, 0.25) is 0 Å². The van der Waals surface area contributed by atoms with Crippen LogP contribution in [-0.2, 0) is 25.7 Å². The molecule has 4 N–H and O–H groups in total. The Labute approximate surface area is 269 Å². The molecule has 236 valence electrons. The topological polar surface area (TPSA) is 105 Å². The van der Waals surface area contributed by atoms with Crippen molar-refractivity contribution in [2.45, 2.75) is 127 Å². The van der Waals surface area contributed by atoms with Gasteiger partial charge in [-0.2, -0.15) is 0 Å². The second-order valence-electron chi connectivity index (χ2n) is 13.6. The zero-order valence-corrected chi connectivity index (χ0v) is 28.0. The highest BCUT2D eigenvalue weighted by Gasteiger charge is 2.26. The molecule has 0 saturated heterocycles. The molecule has 10 heteroatoms. The van der Waals surface area contributed by atoms with Gasteiger partial charge in [-0.15, -0.1) is 22.7 Å². The first-order valence-corrected chi connectivity index (χ1v) is 18.6. The Bertz CT molecular complexity index is 1560. The minimum atomic E-state index is 0.391. The fourth-order valence-corrected chi connectivity index (χ4v) is 10.2. The van der Waals surface area contributed by atoms with E-state index < -0.39 is 0 Å². The smallest absolute Gasteiger partial charge is 0.138 e. The number of rotatable bonds is 5. The molecular formula is C34H48N8S2. The maximum atomic E-state index is 6.00. The highest BCUT2D eigenvalue weighted by Crippen LogP contribution is 2.40. The average molecular weight is 633 g/mol. The zero-order valence-electron chi connectivity index (χ0n) is 26.4. The van der Waals surface area contributed by atoms with E-state index in [1.54, 1.807) is 17.5 Å². The Hall–Kier alpha value is -2.40. The average Bonchev–Trinajstić information content (AvgIpc) is 3.62. The monoisotopic (exact) mass is 632 g/mol. The summed E-state index contributed by atoms with van der Waals surface area (Å²) in [4.78, 5) is 26.0. The largest absolute Gasteiger partial charge is 0.367 e. The third-order valence-corrected chi connectivity index (χ3v) is 12.8. The van der Waals surface area contributed by atoms with E-state index in [9.17, 15) is 0 Å². The predicted octanol–water partition coefficient (Wildman–Crippen LogP) is 7.11. The Morgan fingerprint density at radius 2 is 1.09 bits per heavy atom. The van der Waals surface area contributed by atoms with Crippen LogP contribution in [0.25, 0.3) is 20.4 Å². The van der Waals surface area contributed by atoms with Crippen LogP contribution in [0, 0.1) is 0 Å². The number of nitrogens with zero attached hydrogens (tertiary/aromatic N) is 5. The van der Waals surface area contributed by atoms with Crippen LogP contribution in [0.15, 0.2) is 12.7 Å². The van der Waals surface area contributed by atoms with E-state index in [1.165, 1.54) is 109 Å². The molecule has 8 rings (SSSR count). The van der Waals surface area contributed by atoms with Gasteiger partial charge in [0.2, 0.25) is 0 Å². The molecule has 4 heterocycles. The highest BCUT2D eigenvalue weighted by molar-refractivity contribution is 7.19. The molecule has 2 fully saturated rings. The minimum absolute atomic E-state index is 0.391. The molecule has 0 unspecified atom stereocenters. The summed E-state index contributed by atoms with van der Waals surface area (Å²) in [6.07, 6.45) is 23.1. The van der Waals surface area contributed by atoms with Crippen LogP contribution in [0.1, 0.15) is 97.9 Å². The maximum Gasteiger partial charge on any atom is 0.138 e. The van der Waals surface area contributed by atoms with E-state index in [2.05, 4.69) is 49.6 Å². The van der Waals surface area contributed by atoms with Gasteiger partial charge < -0.3 is 21.3 Å². The molecular weight excluding hydrogens is 585 g/mol. The van der Waals surface area contributed by atoms with Crippen molar-refractivity contribution < 1.29 is 0 Å². The Morgan fingerprint density at radius 1 is 0.636 bits per heavy atom. The maximum absolute atomic E-state index is 6.00. The lowest BCUT2D eigenvalue weighted by molar-refractivity contribution is 0.221. The molecule has 4 aliphatic rings. The first-order valence-electron chi connectivity index (χ1n) is 17.0. The second-order valence-corrected chi connectivity index (χ2v) is 15.8. The van der Waals surface area contributed by atoms with E-state index >= 15 is 0 Å². The first-order chi connectivity index (χ1) is 21.5. The molecule has 4 aliphatic carbocycles. The van der Waals surface area contributed by atoms with Gasteiger partial charge in [0.1, 0.15) is 34.0 Å². The van der Waals surface area contributed by atoms with Crippen molar-refractivity contribution in [1.82, 2.24) is 24.8 Å². The first kappa shape index (κ1) is 30.3. The van der Waals surface area contributed by atoms with Crippen molar-refractivity contribution >= 4 is 54.7 Å². The van der Waals surface area contributed by atoms with Gasteiger partial charge in [-0.1, -0.05) is 0 Å². The second kappa shape index (κ2) is 13.5. The van der Waals surface area contributed by atoms with Gasteiger partial charge in [0, 0.05) is 33.9 Å². The summed E-state index contributed by atoms with van der Waals surface area (Å²) in [7, 11) is 4.40. The van der Waals surface area contributed by atoms with Crippen molar-refractivity contribution in [3.63, 3.8) is 0 Å². The molecule has 0 spiro atoms. The summed E-state index contributed by atoms with van der Waals surface area (Å²) < 4.78 is 0. The molecule has 0 bridgehead atoms. The standard InChI is InChI=1S/C18H26N4S.C16H22N4S/c1-22(2)13-9-7-12(8-10-13)21-17-16-14-5-3-4-6-15(14)23-18(16)20-11-19-17;17-10-5-7-11(8-6-10)20-15-14-12-3-1-2-4-13(12)21-16(14)19-9-18-15/h11-13H,3-10H2,1-2H3,(H,19,20,21);9-11H,1-8,17H2,(H,18,19,20). The Balaban J connectivity index is 0.000000143. The molecule has 0 aliphatic heterocycles. The number of aromatic nitrogens is 4. The molecule has 4 aromatic heterocycles. The molecule has 8 nitrogen and oxygen atoms in total. The number of thiophene rings is 2. The normalized spacial score (nSPS) is 25.3. The molecule has 0 aromatic carbocycles. The highest BCUT2D eigenvalue weighted by atomic mass is 32.1. The molecule has 4 aromatic rings. The molecule has 0 radical (unpaired) electrons. The van der Waals surface area contributed by atoms with E-state index in [0.29, 0.717) is 18.1 Å². The van der Waals surface area contributed by atoms with Crippen molar-refractivity contribution in [2.24, 2.45) is 5.73 Å². The number of anilines is 2. The lowest BCUT2D eigenvalue weighted by Crippen LogP contribution is -2.36. The van der Waals surface area contributed by atoms with Crippen LogP contribution < -0.4 is 16.4 Å². The van der Waals surface area contributed by atoms with Gasteiger partial charge in [-0.05, 0) is 128 Å². The van der Waals surface area contributed by atoms with Crippen LogP contribution in [0.4, 0.5) is 11.6 Å². The lowest BCUT2D eigenvalue weighted by atomic mass is 9.90. The lowest BCUT2D eigenvalue weighted by Gasteiger charge is -2.33. The van der Waals surface area contributed by atoms with Crippen molar-refractivity contribution in [3.8, 4) is 0 Å². The fourth-order valence-electron chi connectivity index (χ4n) is 7.79. The third-order valence-electron chi connectivity index (χ3n) is 10.4.